The van der Waals surface area contributed by atoms with Crippen LogP contribution in [-0.4, -0.2) is 21.1 Å². The topological polar surface area (TPSA) is 35.5 Å². The lowest BCUT2D eigenvalue weighted by atomic mass is 9.79. The number of ether oxygens (including phenoxy) is 1. The van der Waals surface area contributed by atoms with Gasteiger partial charge in [0.15, 0.2) is 0 Å². The van der Waals surface area contributed by atoms with Crippen LogP contribution in [0, 0.1) is 11.3 Å². The average Bonchev–Trinajstić information content (AvgIpc) is 2.44. The Hall–Kier alpha value is -0.773. The Labute approximate surface area is 106 Å². The van der Waals surface area contributed by atoms with Crippen LogP contribution >= 0.6 is 0 Å². The summed E-state index contributed by atoms with van der Waals surface area (Å²) in [6, 6.07) is 0. The predicted molar refractivity (Wildman–Crippen MR) is 71.2 cm³/mol. The van der Waals surface area contributed by atoms with Crippen LogP contribution in [-0.2, 0) is 14.0 Å². The molecule has 0 aromatic carbocycles. The van der Waals surface area contributed by atoms with E-state index in [9.17, 15) is 4.79 Å². The van der Waals surface area contributed by atoms with E-state index in [1.807, 2.05) is 6.08 Å². The first-order chi connectivity index (χ1) is 7.70. The zero-order chi connectivity index (χ0) is 13.2. The van der Waals surface area contributed by atoms with Gasteiger partial charge in [0.25, 0.3) is 0 Å². The van der Waals surface area contributed by atoms with Gasteiger partial charge in [-0.2, -0.15) is 0 Å². The van der Waals surface area contributed by atoms with Gasteiger partial charge in [0, 0.05) is 12.8 Å². The van der Waals surface area contributed by atoms with Gasteiger partial charge < -0.3 is 9.16 Å². The standard InChI is InChI=1S/C13H24O3Si/c1-9(14)15-10-7-11(13(2,3)4)12(8-10)16-17(5)6/h8,10-11,17H,7H2,1-6H3. The maximum absolute atomic E-state index is 11.0. The van der Waals surface area contributed by atoms with Crippen molar-refractivity contribution in [1.82, 2.24) is 0 Å². The maximum Gasteiger partial charge on any atom is 0.303 e. The Morgan fingerprint density at radius 3 is 2.41 bits per heavy atom. The molecule has 1 aliphatic rings. The molecular formula is C13H24O3Si. The van der Waals surface area contributed by atoms with Crippen LogP contribution in [0.2, 0.25) is 13.1 Å². The van der Waals surface area contributed by atoms with Crippen LogP contribution in [0.1, 0.15) is 34.1 Å². The Kier molecular flexibility index (Phi) is 4.41. The van der Waals surface area contributed by atoms with E-state index >= 15 is 0 Å². The summed E-state index contributed by atoms with van der Waals surface area (Å²) < 4.78 is 11.2. The quantitative estimate of drug-likeness (QED) is 0.575. The first-order valence-corrected chi connectivity index (χ1v) is 9.04. The number of hydrogen-bond donors (Lipinski definition) is 0. The molecule has 0 heterocycles. The summed E-state index contributed by atoms with van der Waals surface area (Å²) in [5, 5.41) is 0. The fraction of sp³-hybridized carbons (Fsp3) is 0.769. The van der Waals surface area contributed by atoms with Crippen LogP contribution in [0.5, 0.6) is 0 Å². The smallest absolute Gasteiger partial charge is 0.303 e. The first-order valence-electron chi connectivity index (χ1n) is 6.25. The molecule has 0 fully saturated rings. The average molecular weight is 256 g/mol. The highest BCUT2D eigenvalue weighted by Gasteiger charge is 2.37. The van der Waals surface area contributed by atoms with E-state index in [-0.39, 0.29) is 17.5 Å². The molecule has 17 heavy (non-hydrogen) atoms. The van der Waals surface area contributed by atoms with Crippen LogP contribution in [0.15, 0.2) is 11.8 Å². The fourth-order valence-electron chi connectivity index (χ4n) is 2.19. The number of carbonyl (C=O) groups excluding carboxylic acids is 1. The lowest BCUT2D eigenvalue weighted by Gasteiger charge is -2.30. The van der Waals surface area contributed by atoms with Gasteiger partial charge in [-0.15, -0.1) is 0 Å². The number of hydrogen-bond acceptors (Lipinski definition) is 3. The summed E-state index contributed by atoms with van der Waals surface area (Å²) in [6.07, 6.45) is 2.73. The second-order valence-corrected chi connectivity index (χ2v) is 8.37. The summed E-state index contributed by atoms with van der Waals surface area (Å²) in [7, 11) is -1.11. The van der Waals surface area contributed by atoms with E-state index in [0.29, 0.717) is 5.92 Å². The molecule has 1 rings (SSSR count). The van der Waals surface area contributed by atoms with E-state index in [4.69, 9.17) is 9.16 Å². The highest BCUT2D eigenvalue weighted by atomic mass is 28.3. The van der Waals surface area contributed by atoms with E-state index in [1.165, 1.54) is 6.92 Å². The maximum atomic E-state index is 11.0. The van der Waals surface area contributed by atoms with Crippen molar-refractivity contribution in [2.45, 2.75) is 53.3 Å². The van der Waals surface area contributed by atoms with Crippen LogP contribution in [0.3, 0.4) is 0 Å². The van der Waals surface area contributed by atoms with Gasteiger partial charge in [-0.05, 0) is 31.0 Å². The molecule has 98 valence electrons. The van der Waals surface area contributed by atoms with Crippen molar-refractivity contribution in [2.75, 3.05) is 0 Å². The Morgan fingerprint density at radius 1 is 1.41 bits per heavy atom. The summed E-state index contributed by atoms with van der Waals surface area (Å²) in [5.41, 5.74) is 0.143. The van der Waals surface area contributed by atoms with E-state index in [2.05, 4.69) is 33.9 Å². The fourth-order valence-corrected chi connectivity index (χ4v) is 2.97. The van der Waals surface area contributed by atoms with E-state index in [1.54, 1.807) is 0 Å². The lowest BCUT2D eigenvalue weighted by Crippen LogP contribution is -2.25. The predicted octanol–water partition coefficient (Wildman–Crippen LogP) is 2.87. The lowest BCUT2D eigenvalue weighted by molar-refractivity contribution is -0.144. The molecule has 4 heteroatoms. The van der Waals surface area contributed by atoms with Gasteiger partial charge in [0.05, 0.1) is 5.76 Å². The van der Waals surface area contributed by atoms with Crippen LogP contribution in [0.4, 0.5) is 0 Å². The van der Waals surface area contributed by atoms with Gasteiger partial charge >= 0.3 is 5.97 Å². The van der Waals surface area contributed by atoms with Crippen molar-refractivity contribution in [3.8, 4) is 0 Å². The second kappa shape index (κ2) is 5.25. The van der Waals surface area contributed by atoms with Gasteiger partial charge in [-0.1, -0.05) is 20.8 Å². The molecule has 0 saturated heterocycles. The molecule has 0 aromatic rings. The zero-order valence-corrected chi connectivity index (χ0v) is 12.9. The third-order valence-corrected chi connectivity index (χ3v) is 3.64. The van der Waals surface area contributed by atoms with Crippen molar-refractivity contribution in [1.29, 1.82) is 0 Å². The summed E-state index contributed by atoms with van der Waals surface area (Å²) in [5.74, 6) is 1.16. The third kappa shape index (κ3) is 4.19. The molecule has 0 bridgehead atoms. The molecular weight excluding hydrogens is 232 g/mol. The molecule has 2 unspecified atom stereocenters. The molecule has 0 saturated carbocycles. The zero-order valence-electron chi connectivity index (χ0n) is 11.7. The monoisotopic (exact) mass is 256 g/mol. The molecule has 1 aliphatic carbocycles. The van der Waals surface area contributed by atoms with E-state index < -0.39 is 9.04 Å². The highest BCUT2D eigenvalue weighted by Crippen LogP contribution is 2.41. The molecule has 0 aliphatic heterocycles. The molecule has 0 radical (unpaired) electrons. The van der Waals surface area contributed by atoms with Gasteiger partial charge in [0.2, 0.25) is 9.04 Å². The van der Waals surface area contributed by atoms with Crippen LogP contribution < -0.4 is 0 Å². The molecule has 3 nitrogen and oxygen atoms in total. The van der Waals surface area contributed by atoms with Crippen LogP contribution in [0.25, 0.3) is 0 Å². The third-order valence-electron chi connectivity index (χ3n) is 2.90. The minimum atomic E-state index is -1.11. The van der Waals surface area contributed by atoms with Crippen molar-refractivity contribution >= 4 is 15.0 Å². The van der Waals surface area contributed by atoms with Gasteiger partial charge in [-0.25, -0.2) is 0 Å². The van der Waals surface area contributed by atoms with Gasteiger partial charge in [0.1, 0.15) is 6.10 Å². The van der Waals surface area contributed by atoms with Crippen molar-refractivity contribution in [3.63, 3.8) is 0 Å². The minimum absolute atomic E-state index is 0.112. The van der Waals surface area contributed by atoms with Crippen molar-refractivity contribution in [3.05, 3.63) is 11.8 Å². The van der Waals surface area contributed by atoms with Gasteiger partial charge in [-0.3, -0.25) is 4.79 Å². The van der Waals surface area contributed by atoms with E-state index in [0.717, 1.165) is 12.2 Å². The summed E-state index contributed by atoms with van der Waals surface area (Å²) in [6.45, 7) is 12.4. The number of allylic oxidation sites excluding steroid dienone is 1. The number of esters is 1. The minimum Gasteiger partial charge on any atom is -0.550 e. The second-order valence-electron chi connectivity index (χ2n) is 6.04. The highest BCUT2D eigenvalue weighted by molar-refractivity contribution is 6.48. The largest absolute Gasteiger partial charge is 0.550 e. The Morgan fingerprint density at radius 2 is 2.00 bits per heavy atom. The summed E-state index contributed by atoms with van der Waals surface area (Å²) in [4.78, 5) is 11.0. The summed E-state index contributed by atoms with van der Waals surface area (Å²) >= 11 is 0. The number of carbonyl (C=O) groups is 1. The molecule has 2 atom stereocenters. The Bertz CT molecular complexity index is 315. The van der Waals surface area contributed by atoms with Crippen molar-refractivity contribution in [2.24, 2.45) is 11.3 Å². The molecule has 0 amide bonds. The molecule has 0 N–H and O–H groups in total. The van der Waals surface area contributed by atoms with Crippen molar-refractivity contribution < 1.29 is 14.0 Å². The first kappa shape index (κ1) is 14.3. The molecule has 0 spiro atoms. The SMILES string of the molecule is CC(=O)OC1C=C(O[SiH](C)C)C(C(C)(C)C)C1. The normalized spacial score (nSPS) is 24.8. The Balaban J connectivity index is 2.80. The number of rotatable bonds is 3. The molecule has 0 aromatic heterocycles.